The minimum Gasteiger partial charge on any atom is -0.504 e. The van der Waals surface area contributed by atoms with Crippen molar-refractivity contribution in [2.45, 2.75) is 51.4 Å². The number of carbonyl (C=O) groups is 1. The van der Waals surface area contributed by atoms with E-state index in [4.69, 9.17) is 0 Å². The molecule has 0 unspecified atom stereocenters. The first-order chi connectivity index (χ1) is 12.5. The van der Waals surface area contributed by atoms with E-state index in [0.29, 0.717) is 12.0 Å². The van der Waals surface area contributed by atoms with Gasteiger partial charge in [-0.3, -0.25) is 14.9 Å². The first-order valence-electron chi connectivity index (χ1n) is 9.43. The van der Waals surface area contributed by atoms with E-state index in [1.54, 1.807) is 0 Å². The number of nitro benzene ring substituents is 1. The molecular weight excluding hydrogens is 336 g/mol. The molecule has 1 aliphatic heterocycles. The van der Waals surface area contributed by atoms with Gasteiger partial charge in [-0.25, -0.2) is 0 Å². The number of hydrogen-bond acceptors (Lipinski definition) is 5. The summed E-state index contributed by atoms with van der Waals surface area (Å²) < 4.78 is 0. The summed E-state index contributed by atoms with van der Waals surface area (Å²) in [6.45, 7) is 1.75. The zero-order chi connectivity index (χ0) is 18.7. The summed E-state index contributed by atoms with van der Waals surface area (Å²) in [5.41, 5.74) is 0.280. The summed E-state index contributed by atoms with van der Waals surface area (Å²) in [6, 6.07) is 2.30. The van der Waals surface area contributed by atoms with Gasteiger partial charge in [-0.1, -0.05) is 0 Å². The van der Waals surface area contributed by atoms with Gasteiger partial charge >= 0.3 is 0 Å². The fourth-order valence-corrected chi connectivity index (χ4v) is 4.24. The summed E-state index contributed by atoms with van der Waals surface area (Å²) >= 11 is 0. The number of likely N-dealkylation sites (tertiary alicyclic amines) is 1. The first kappa shape index (κ1) is 18.5. The number of piperidine rings is 1. The van der Waals surface area contributed by atoms with Crippen molar-refractivity contribution in [1.29, 1.82) is 0 Å². The second-order valence-electron chi connectivity index (χ2n) is 7.53. The molecule has 0 bridgehead atoms. The van der Waals surface area contributed by atoms with Gasteiger partial charge < -0.3 is 15.1 Å². The standard InChI is InChI=1S/C19H26N2O5/c22-17-11-15(16(21(25)26)12-18(17)23)10-13-4-6-14(7-5-13)19(24)20-8-2-1-3-9-20/h11-14,22-23H,1-10H2. The van der Waals surface area contributed by atoms with E-state index >= 15 is 0 Å². The van der Waals surface area contributed by atoms with Crippen molar-refractivity contribution in [3.8, 4) is 11.5 Å². The number of benzene rings is 1. The minimum absolute atomic E-state index is 0.0764. The molecule has 0 radical (unpaired) electrons. The summed E-state index contributed by atoms with van der Waals surface area (Å²) in [5.74, 6) is -0.206. The topological polar surface area (TPSA) is 104 Å². The fourth-order valence-electron chi connectivity index (χ4n) is 4.24. The van der Waals surface area contributed by atoms with Crippen LogP contribution in [0.1, 0.15) is 50.5 Å². The number of aromatic hydroxyl groups is 2. The van der Waals surface area contributed by atoms with E-state index in [9.17, 15) is 25.1 Å². The van der Waals surface area contributed by atoms with Gasteiger partial charge in [0.25, 0.3) is 5.69 Å². The molecule has 0 atom stereocenters. The second kappa shape index (κ2) is 7.93. The molecule has 7 nitrogen and oxygen atoms in total. The Morgan fingerprint density at radius 3 is 2.31 bits per heavy atom. The predicted octanol–water partition coefficient (Wildman–Crippen LogP) is 3.37. The Bertz CT molecular complexity index is 677. The molecule has 26 heavy (non-hydrogen) atoms. The number of amides is 1. The Morgan fingerprint density at radius 2 is 1.69 bits per heavy atom. The molecule has 1 saturated heterocycles. The lowest BCUT2D eigenvalue weighted by Crippen LogP contribution is -2.40. The van der Waals surface area contributed by atoms with Crippen molar-refractivity contribution < 1.29 is 19.9 Å². The monoisotopic (exact) mass is 362 g/mol. The number of nitrogens with zero attached hydrogens (tertiary/aromatic N) is 2. The molecule has 2 N–H and O–H groups in total. The molecule has 1 aromatic carbocycles. The number of phenols is 2. The smallest absolute Gasteiger partial charge is 0.276 e. The van der Waals surface area contributed by atoms with Crippen LogP contribution in [0.5, 0.6) is 11.5 Å². The third-order valence-electron chi connectivity index (χ3n) is 5.74. The van der Waals surface area contributed by atoms with Crippen LogP contribution < -0.4 is 0 Å². The third-order valence-corrected chi connectivity index (χ3v) is 5.74. The highest BCUT2D eigenvalue weighted by Crippen LogP contribution is 2.38. The summed E-state index contributed by atoms with van der Waals surface area (Å²) in [6.07, 6.45) is 7.20. The SMILES string of the molecule is O=C(C1CCC(Cc2cc(O)c(O)cc2[N+](=O)[O-])CC1)N1CCCCC1. The molecule has 1 aromatic rings. The summed E-state index contributed by atoms with van der Waals surface area (Å²) in [5, 5.41) is 30.4. The van der Waals surface area contributed by atoms with Crippen LogP contribution in [-0.4, -0.2) is 39.0 Å². The number of nitro groups is 1. The highest BCUT2D eigenvalue weighted by atomic mass is 16.6. The van der Waals surface area contributed by atoms with Crippen molar-refractivity contribution in [2.75, 3.05) is 13.1 Å². The molecule has 1 amide bonds. The molecule has 0 spiro atoms. The van der Waals surface area contributed by atoms with E-state index < -0.39 is 10.7 Å². The van der Waals surface area contributed by atoms with Crippen molar-refractivity contribution in [3.05, 3.63) is 27.8 Å². The zero-order valence-electron chi connectivity index (χ0n) is 14.9. The number of hydrogen-bond donors (Lipinski definition) is 2. The van der Waals surface area contributed by atoms with Crippen LogP contribution in [0.25, 0.3) is 0 Å². The van der Waals surface area contributed by atoms with Crippen LogP contribution in [0.15, 0.2) is 12.1 Å². The van der Waals surface area contributed by atoms with Gasteiger partial charge in [0.05, 0.1) is 11.0 Å². The highest BCUT2D eigenvalue weighted by Gasteiger charge is 2.31. The van der Waals surface area contributed by atoms with E-state index in [1.807, 2.05) is 4.90 Å². The molecule has 0 aromatic heterocycles. The molecule has 2 fully saturated rings. The van der Waals surface area contributed by atoms with Crippen molar-refractivity contribution in [1.82, 2.24) is 4.90 Å². The van der Waals surface area contributed by atoms with Gasteiger partial charge in [0.2, 0.25) is 5.91 Å². The van der Waals surface area contributed by atoms with Gasteiger partial charge in [0, 0.05) is 24.6 Å². The average molecular weight is 362 g/mol. The lowest BCUT2D eigenvalue weighted by atomic mass is 9.78. The van der Waals surface area contributed by atoms with Crippen LogP contribution in [-0.2, 0) is 11.2 Å². The second-order valence-corrected chi connectivity index (χ2v) is 7.53. The maximum absolute atomic E-state index is 12.6. The van der Waals surface area contributed by atoms with Crippen LogP contribution in [0.4, 0.5) is 5.69 Å². The molecule has 7 heteroatoms. The van der Waals surface area contributed by atoms with Crippen LogP contribution in [0.3, 0.4) is 0 Å². The van der Waals surface area contributed by atoms with Gasteiger partial charge in [-0.2, -0.15) is 0 Å². The quantitative estimate of drug-likeness (QED) is 0.485. The Kier molecular flexibility index (Phi) is 5.64. The first-order valence-corrected chi connectivity index (χ1v) is 9.43. The average Bonchev–Trinajstić information content (AvgIpc) is 2.65. The Hall–Kier alpha value is -2.31. The van der Waals surface area contributed by atoms with Crippen LogP contribution in [0.2, 0.25) is 0 Å². The summed E-state index contributed by atoms with van der Waals surface area (Å²) in [4.78, 5) is 25.3. The van der Waals surface area contributed by atoms with Gasteiger partial charge in [-0.15, -0.1) is 0 Å². The Labute approximate surface area is 152 Å². The lowest BCUT2D eigenvalue weighted by Gasteiger charge is -2.34. The van der Waals surface area contributed by atoms with Crippen molar-refractivity contribution in [2.24, 2.45) is 11.8 Å². The highest BCUT2D eigenvalue weighted by molar-refractivity contribution is 5.79. The number of rotatable bonds is 4. The van der Waals surface area contributed by atoms with Crippen LogP contribution in [0, 0.1) is 22.0 Å². The fraction of sp³-hybridized carbons (Fsp3) is 0.632. The minimum atomic E-state index is -0.528. The molecule has 2 aliphatic rings. The maximum atomic E-state index is 12.6. The molecule has 1 aliphatic carbocycles. The van der Waals surface area contributed by atoms with E-state index in [1.165, 1.54) is 12.5 Å². The van der Waals surface area contributed by atoms with E-state index in [-0.39, 0.29) is 29.2 Å². The van der Waals surface area contributed by atoms with E-state index in [2.05, 4.69) is 0 Å². The zero-order valence-corrected chi connectivity index (χ0v) is 14.9. The lowest BCUT2D eigenvalue weighted by molar-refractivity contribution is -0.385. The van der Waals surface area contributed by atoms with Crippen molar-refractivity contribution in [3.63, 3.8) is 0 Å². The molecule has 3 rings (SSSR count). The van der Waals surface area contributed by atoms with Crippen LogP contribution >= 0.6 is 0 Å². The van der Waals surface area contributed by atoms with Gasteiger partial charge in [0.15, 0.2) is 11.5 Å². The van der Waals surface area contributed by atoms with E-state index in [0.717, 1.165) is 57.7 Å². The molecule has 142 valence electrons. The van der Waals surface area contributed by atoms with Gasteiger partial charge in [0.1, 0.15) is 0 Å². The maximum Gasteiger partial charge on any atom is 0.276 e. The van der Waals surface area contributed by atoms with Crippen molar-refractivity contribution >= 4 is 11.6 Å². The number of phenolic OH excluding ortho intramolecular Hbond substituents is 2. The van der Waals surface area contributed by atoms with Gasteiger partial charge in [-0.05, 0) is 63.4 Å². The normalized spacial score (nSPS) is 23.6. The summed E-state index contributed by atoms with van der Waals surface area (Å²) in [7, 11) is 0. The Morgan fingerprint density at radius 1 is 1.08 bits per heavy atom. The number of carbonyl (C=O) groups excluding carboxylic acids is 1. The molecule has 1 heterocycles. The predicted molar refractivity (Wildman–Crippen MR) is 96.0 cm³/mol. The molecular formula is C19H26N2O5. The largest absolute Gasteiger partial charge is 0.504 e. The third kappa shape index (κ3) is 4.08. The molecule has 1 saturated carbocycles. The Balaban J connectivity index is 1.60.